The minimum absolute atomic E-state index is 0.571. The number of hydrogen-bond acceptors (Lipinski definition) is 3. The van der Waals surface area contributed by atoms with Crippen molar-refractivity contribution in [3.05, 3.63) is 283 Å². The zero-order valence-electron chi connectivity index (χ0n) is 38.1. The molecule has 70 heavy (non-hydrogen) atoms. The largest absolute Gasteiger partial charge is 0.456 e. The molecular formula is C67H43NOS. The summed E-state index contributed by atoms with van der Waals surface area (Å²) in [7, 11) is 0. The first kappa shape index (κ1) is 40.3. The molecule has 0 radical (unpaired) electrons. The van der Waals surface area contributed by atoms with Gasteiger partial charge in [-0.1, -0.05) is 194 Å². The molecule has 11 aromatic carbocycles. The first-order valence-corrected chi connectivity index (χ1v) is 24.8. The lowest BCUT2D eigenvalue weighted by atomic mass is 9.67. The van der Waals surface area contributed by atoms with Crippen LogP contribution in [0.5, 0.6) is 0 Å². The summed E-state index contributed by atoms with van der Waals surface area (Å²) in [6.07, 6.45) is 0. The van der Waals surface area contributed by atoms with Crippen LogP contribution in [-0.2, 0) is 5.41 Å². The zero-order valence-corrected chi connectivity index (χ0v) is 38.9. The Hall–Kier alpha value is -8.76. The second-order valence-corrected chi connectivity index (χ2v) is 19.4. The maximum absolute atomic E-state index is 6.72. The summed E-state index contributed by atoms with van der Waals surface area (Å²) in [5.74, 6) is 0. The van der Waals surface area contributed by atoms with Crippen molar-refractivity contribution in [2.24, 2.45) is 0 Å². The number of benzene rings is 11. The summed E-state index contributed by atoms with van der Waals surface area (Å²) in [6.45, 7) is 0. The van der Waals surface area contributed by atoms with Crippen molar-refractivity contribution in [2.45, 2.75) is 5.41 Å². The predicted molar refractivity (Wildman–Crippen MR) is 295 cm³/mol. The molecule has 0 saturated heterocycles. The summed E-state index contributed by atoms with van der Waals surface area (Å²) in [5.41, 5.74) is 19.1. The van der Waals surface area contributed by atoms with Gasteiger partial charge in [0.05, 0.1) is 16.5 Å². The zero-order chi connectivity index (χ0) is 46.2. The van der Waals surface area contributed by atoms with Crippen molar-refractivity contribution >= 4 is 70.5 Å². The van der Waals surface area contributed by atoms with Crippen molar-refractivity contribution in [1.29, 1.82) is 0 Å². The number of rotatable bonds is 8. The van der Waals surface area contributed by atoms with Gasteiger partial charge in [0.25, 0.3) is 0 Å². The molecule has 0 spiro atoms. The number of hydrogen-bond donors (Lipinski definition) is 0. The first-order chi connectivity index (χ1) is 34.7. The normalized spacial score (nSPS) is 12.7. The van der Waals surface area contributed by atoms with Crippen LogP contribution >= 0.6 is 11.3 Å². The Kier molecular flexibility index (Phi) is 9.33. The Morgan fingerprint density at radius 3 is 1.63 bits per heavy atom. The van der Waals surface area contributed by atoms with E-state index in [1.165, 1.54) is 81.4 Å². The van der Waals surface area contributed by atoms with Crippen molar-refractivity contribution in [3.63, 3.8) is 0 Å². The van der Waals surface area contributed by atoms with Crippen molar-refractivity contribution in [3.8, 4) is 44.5 Å². The average Bonchev–Trinajstić information content (AvgIpc) is 4.10. The van der Waals surface area contributed by atoms with E-state index in [0.717, 1.165) is 44.6 Å². The van der Waals surface area contributed by atoms with Crippen molar-refractivity contribution < 1.29 is 4.42 Å². The van der Waals surface area contributed by atoms with Crippen LogP contribution in [0.4, 0.5) is 17.1 Å². The van der Waals surface area contributed by atoms with Gasteiger partial charge in [-0.25, -0.2) is 0 Å². The van der Waals surface area contributed by atoms with E-state index < -0.39 is 5.41 Å². The van der Waals surface area contributed by atoms with E-state index in [1.54, 1.807) is 0 Å². The first-order valence-electron chi connectivity index (χ1n) is 24.0. The van der Waals surface area contributed by atoms with E-state index in [1.807, 2.05) is 11.3 Å². The van der Waals surface area contributed by atoms with Gasteiger partial charge in [0.2, 0.25) is 0 Å². The number of fused-ring (bicyclic) bond motifs is 9. The third kappa shape index (κ3) is 6.25. The van der Waals surface area contributed by atoms with Gasteiger partial charge in [-0.2, -0.15) is 0 Å². The highest BCUT2D eigenvalue weighted by Gasteiger charge is 2.46. The van der Waals surface area contributed by atoms with Crippen molar-refractivity contribution in [1.82, 2.24) is 0 Å². The monoisotopic (exact) mass is 909 g/mol. The van der Waals surface area contributed by atoms with Crippen LogP contribution in [0.3, 0.4) is 0 Å². The van der Waals surface area contributed by atoms with E-state index in [9.17, 15) is 0 Å². The fraction of sp³-hybridized carbons (Fsp3) is 0.0149. The Balaban J connectivity index is 1.01. The molecule has 2 heterocycles. The molecule has 0 amide bonds. The summed E-state index contributed by atoms with van der Waals surface area (Å²) in [6, 6.07) is 95.6. The van der Waals surface area contributed by atoms with Gasteiger partial charge >= 0.3 is 0 Å². The number of anilines is 3. The molecule has 1 aliphatic rings. The fourth-order valence-electron chi connectivity index (χ4n) is 11.5. The highest BCUT2D eigenvalue weighted by Crippen LogP contribution is 2.57. The Morgan fingerprint density at radius 1 is 0.329 bits per heavy atom. The molecule has 0 fully saturated rings. The molecule has 0 bridgehead atoms. The summed E-state index contributed by atoms with van der Waals surface area (Å²) >= 11 is 1.86. The molecule has 0 N–H and O–H groups in total. The van der Waals surface area contributed by atoms with Gasteiger partial charge in [-0.05, 0) is 133 Å². The van der Waals surface area contributed by atoms with Crippen LogP contribution in [0.15, 0.2) is 265 Å². The van der Waals surface area contributed by atoms with Crippen molar-refractivity contribution in [2.75, 3.05) is 4.90 Å². The maximum atomic E-state index is 6.72. The summed E-state index contributed by atoms with van der Waals surface area (Å²) in [4.78, 5) is 2.45. The quantitative estimate of drug-likeness (QED) is 0.151. The molecule has 1 aliphatic carbocycles. The Labute approximate surface area is 410 Å². The van der Waals surface area contributed by atoms with Crippen LogP contribution in [0.25, 0.3) is 86.6 Å². The molecule has 2 nitrogen and oxygen atoms in total. The summed E-state index contributed by atoms with van der Waals surface area (Å²) < 4.78 is 9.25. The van der Waals surface area contributed by atoms with Gasteiger partial charge in [-0.15, -0.1) is 11.3 Å². The van der Waals surface area contributed by atoms with Crippen LogP contribution < -0.4 is 4.90 Å². The second-order valence-electron chi connectivity index (χ2n) is 18.3. The van der Waals surface area contributed by atoms with Gasteiger partial charge in [0, 0.05) is 36.9 Å². The second kappa shape index (κ2) is 16.2. The predicted octanol–water partition coefficient (Wildman–Crippen LogP) is 18.8. The minimum Gasteiger partial charge on any atom is -0.456 e. The third-order valence-corrected chi connectivity index (χ3v) is 15.7. The van der Waals surface area contributed by atoms with E-state index in [0.29, 0.717) is 0 Å². The fourth-order valence-corrected chi connectivity index (χ4v) is 12.6. The molecule has 13 aromatic rings. The average molecular weight is 910 g/mol. The minimum atomic E-state index is -0.571. The molecular weight excluding hydrogens is 867 g/mol. The van der Waals surface area contributed by atoms with E-state index in [-0.39, 0.29) is 0 Å². The SMILES string of the molecule is c1ccc(-c2cccc(C3(c4ccc(N(c5ccc6sc7cccc(-c8ccccc8)c7c6c5)c5cccc6oc7ccc(-c8ccccc8)cc7c56)cc4)c4ccccc4-c4ccccc43)c2)cc1. The highest BCUT2D eigenvalue weighted by atomic mass is 32.1. The van der Waals surface area contributed by atoms with Crippen LogP contribution in [0, 0.1) is 0 Å². The summed E-state index contributed by atoms with van der Waals surface area (Å²) in [5, 5.41) is 4.68. The van der Waals surface area contributed by atoms with Gasteiger partial charge in [-0.3, -0.25) is 0 Å². The third-order valence-electron chi connectivity index (χ3n) is 14.6. The lowest BCUT2D eigenvalue weighted by Crippen LogP contribution is -2.28. The number of nitrogens with zero attached hydrogens (tertiary/aromatic N) is 1. The molecule has 14 rings (SSSR count). The Bertz CT molecular complexity index is 4070. The lowest BCUT2D eigenvalue weighted by molar-refractivity contribution is 0.669. The lowest BCUT2D eigenvalue weighted by Gasteiger charge is -2.35. The maximum Gasteiger partial charge on any atom is 0.137 e. The molecule has 3 heteroatoms. The molecule has 2 aromatic heterocycles. The van der Waals surface area contributed by atoms with Gasteiger partial charge < -0.3 is 9.32 Å². The van der Waals surface area contributed by atoms with Gasteiger partial charge in [0.1, 0.15) is 11.2 Å². The van der Waals surface area contributed by atoms with E-state index in [2.05, 4.69) is 266 Å². The van der Waals surface area contributed by atoms with E-state index >= 15 is 0 Å². The molecule has 0 unspecified atom stereocenters. The molecule has 328 valence electrons. The molecule has 0 atom stereocenters. The molecule has 0 saturated carbocycles. The Morgan fingerprint density at radius 2 is 0.914 bits per heavy atom. The number of thiophene rings is 1. The van der Waals surface area contributed by atoms with Crippen LogP contribution in [0.2, 0.25) is 0 Å². The molecule has 0 aliphatic heterocycles. The highest BCUT2D eigenvalue weighted by molar-refractivity contribution is 7.26. The standard InChI is InChI=1S/C67H43NOS/c1-4-17-44(18-5-1)47-23-14-24-50(41-47)67(58-28-12-10-25-54(58)55-26-11-13-29-59(55)67)49-34-36-51(37-35-49)68(52-38-40-63-57(43-52)65-53(27-15-32-64(65)70-63)46-21-8-3-9-22-46)60-30-16-31-62-66(60)56-42-48(33-39-61(56)69-62)45-19-6-2-7-20-45/h1-43H. The topological polar surface area (TPSA) is 16.4 Å². The number of furan rings is 1. The van der Waals surface area contributed by atoms with Crippen LogP contribution in [0.1, 0.15) is 22.3 Å². The van der Waals surface area contributed by atoms with E-state index in [4.69, 9.17) is 4.42 Å². The van der Waals surface area contributed by atoms with Gasteiger partial charge in [0.15, 0.2) is 0 Å². The smallest absolute Gasteiger partial charge is 0.137 e. The van der Waals surface area contributed by atoms with Crippen LogP contribution in [-0.4, -0.2) is 0 Å².